The first-order valence-electron chi connectivity index (χ1n) is 9.68. The van der Waals surface area contributed by atoms with E-state index in [1.807, 2.05) is 48.7 Å². The second-order valence-electron chi connectivity index (χ2n) is 6.94. The van der Waals surface area contributed by atoms with Crippen molar-refractivity contribution in [1.82, 2.24) is 15.0 Å². The zero-order valence-corrected chi connectivity index (χ0v) is 16.1. The SMILES string of the molecule is Oc1ccccc1-c1cc(-c2cccc3c2OCO3)cc(NCCc2cnc[nH]2)n1. The molecule has 0 atom stereocenters. The molecular formula is C23H20N4O3. The van der Waals surface area contributed by atoms with E-state index in [-0.39, 0.29) is 12.5 Å². The monoisotopic (exact) mass is 400 g/mol. The van der Waals surface area contributed by atoms with Crippen molar-refractivity contribution < 1.29 is 14.6 Å². The first-order valence-corrected chi connectivity index (χ1v) is 9.68. The zero-order chi connectivity index (χ0) is 20.3. The number of nitrogens with zero attached hydrogens (tertiary/aromatic N) is 2. The molecule has 30 heavy (non-hydrogen) atoms. The summed E-state index contributed by atoms with van der Waals surface area (Å²) < 4.78 is 11.2. The molecule has 2 aromatic heterocycles. The summed E-state index contributed by atoms with van der Waals surface area (Å²) in [6, 6.07) is 16.9. The normalized spacial score (nSPS) is 12.1. The summed E-state index contributed by atoms with van der Waals surface area (Å²) in [7, 11) is 0. The van der Waals surface area contributed by atoms with Gasteiger partial charge in [0.2, 0.25) is 6.79 Å². The quantitative estimate of drug-likeness (QED) is 0.449. The van der Waals surface area contributed by atoms with Gasteiger partial charge in [0, 0.05) is 36.0 Å². The van der Waals surface area contributed by atoms with E-state index in [9.17, 15) is 5.11 Å². The van der Waals surface area contributed by atoms with Crippen LogP contribution in [0.2, 0.25) is 0 Å². The Hall–Kier alpha value is -4.00. The van der Waals surface area contributed by atoms with Gasteiger partial charge in [0.25, 0.3) is 0 Å². The maximum Gasteiger partial charge on any atom is 0.231 e. The molecule has 0 aliphatic carbocycles. The Morgan fingerprint density at radius 3 is 2.80 bits per heavy atom. The number of rotatable bonds is 6. The average Bonchev–Trinajstić information content (AvgIpc) is 3.45. The largest absolute Gasteiger partial charge is 0.507 e. The lowest BCUT2D eigenvalue weighted by molar-refractivity contribution is 0.174. The van der Waals surface area contributed by atoms with Crippen molar-refractivity contribution in [3.05, 3.63) is 72.8 Å². The summed E-state index contributed by atoms with van der Waals surface area (Å²) in [5.74, 6) is 2.34. The first-order chi connectivity index (χ1) is 14.8. The highest BCUT2D eigenvalue weighted by Crippen LogP contribution is 2.42. The molecule has 0 saturated carbocycles. The molecule has 2 aromatic carbocycles. The molecule has 0 unspecified atom stereocenters. The van der Waals surface area contributed by atoms with Crippen molar-refractivity contribution in [2.24, 2.45) is 0 Å². The van der Waals surface area contributed by atoms with E-state index in [0.717, 1.165) is 34.7 Å². The van der Waals surface area contributed by atoms with Gasteiger partial charge in [-0.15, -0.1) is 0 Å². The van der Waals surface area contributed by atoms with Crippen molar-refractivity contribution in [3.8, 4) is 39.6 Å². The number of hydrogen-bond donors (Lipinski definition) is 3. The van der Waals surface area contributed by atoms with Gasteiger partial charge in [-0.2, -0.15) is 0 Å². The molecule has 1 aliphatic heterocycles. The lowest BCUT2D eigenvalue weighted by Crippen LogP contribution is -2.07. The maximum absolute atomic E-state index is 10.4. The smallest absolute Gasteiger partial charge is 0.231 e. The summed E-state index contributed by atoms with van der Waals surface area (Å²) in [4.78, 5) is 11.9. The molecular weight excluding hydrogens is 380 g/mol. The van der Waals surface area contributed by atoms with Crippen LogP contribution in [0.15, 0.2) is 67.1 Å². The fraction of sp³-hybridized carbons (Fsp3) is 0.130. The number of nitrogens with one attached hydrogen (secondary N) is 2. The Morgan fingerprint density at radius 2 is 1.93 bits per heavy atom. The van der Waals surface area contributed by atoms with Crippen molar-refractivity contribution in [2.75, 3.05) is 18.7 Å². The molecule has 150 valence electrons. The maximum atomic E-state index is 10.4. The molecule has 0 radical (unpaired) electrons. The van der Waals surface area contributed by atoms with Crippen LogP contribution in [0.1, 0.15) is 5.69 Å². The van der Waals surface area contributed by atoms with Crippen LogP contribution in [0.25, 0.3) is 22.4 Å². The number of hydrogen-bond acceptors (Lipinski definition) is 6. The van der Waals surface area contributed by atoms with Gasteiger partial charge in [0.05, 0.1) is 12.0 Å². The van der Waals surface area contributed by atoms with Gasteiger partial charge in [0.15, 0.2) is 11.5 Å². The molecule has 3 heterocycles. The molecule has 7 nitrogen and oxygen atoms in total. The number of pyridine rings is 1. The van der Waals surface area contributed by atoms with Crippen molar-refractivity contribution in [3.63, 3.8) is 0 Å². The fourth-order valence-corrected chi connectivity index (χ4v) is 3.51. The van der Waals surface area contributed by atoms with Crippen molar-refractivity contribution in [2.45, 2.75) is 6.42 Å². The molecule has 0 fully saturated rings. The molecule has 1 aliphatic rings. The molecule has 5 rings (SSSR count). The van der Waals surface area contributed by atoms with Crippen molar-refractivity contribution >= 4 is 5.82 Å². The summed E-state index contributed by atoms with van der Waals surface area (Å²) >= 11 is 0. The zero-order valence-electron chi connectivity index (χ0n) is 16.1. The Labute approximate surface area is 173 Å². The molecule has 3 N–H and O–H groups in total. The average molecular weight is 400 g/mol. The minimum atomic E-state index is 0.184. The van der Waals surface area contributed by atoms with E-state index in [1.54, 1.807) is 18.5 Å². The molecule has 0 bridgehead atoms. The van der Waals surface area contributed by atoms with Crippen LogP contribution in [0.5, 0.6) is 17.2 Å². The molecule has 0 amide bonds. The number of para-hydroxylation sites is 2. The van der Waals surface area contributed by atoms with Gasteiger partial charge in [-0.3, -0.25) is 0 Å². The second-order valence-corrected chi connectivity index (χ2v) is 6.94. The van der Waals surface area contributed by atoms with Crippen LogP contribution in [-0.2, 0) is 6.42 Å². The number of phenols is 1. The van der Waals surface area contributed by atoms with E-state index in [0.29, 0.717) is 23.6 Å². The number of imidazole rings is 1. The van der Waals surface area contributed by atoms with Gasteiger partial charge < -0.3 is 24.9 Å². The summed E-state index contributed by atoms with van der Waals surface area (Å²) in [6.45, 7) is 0.893. The minimum Gasteiger partial charge on any atom is -0.507 e. The minimum absolute atomic E-state index is 0.184. The number of phenolic OH excluding ortho intramolecular Hbond substituents is 1. The van der Waals surface area contributed by atoms with Crippen LogP contribution < -0.4 is 14.8 Å². The van der Waals surface area contributed by atoms with Crippen LogP contribution in [0, 0.1) is 0 Å². The second kappa shape index (κ2) is 7.79. The Balaban J connectivity index is 1.54. The third kappa shape index (κ3) is 3.53. The lowest BCUT2D eigenvalue weighted by atomic mass is 10.0. The van der Waals surface area contributed by atoms with Gasteiger partial charge in [-0.25, -0.2) is 9.97 Å². The van der Waals surface area contributed by atoms with Gasteiger partial charge in [0.1, 0.15) is 11.6 Å². The molecule has 0 saturated heterocycles. The highest BCUT2D eigenvalue weighted by molar-refractivity contribution is 5.80. The Bertz CT molecular complexity index is 1180. The lowest BCUT2D eigenvalue weighted by Gasteiger charge is -2.13. The first kappa shape index (κ1) is 18.1. The Kier molecular flexibility index (Phi) is 4.69. The van der Waals surface area contributed by atoms with Gasteiger partial charge >= 0.3 is 0 Å². The number of aromatic hydroxyl groups is 1. The summed E-state index contributed by atoms with van der Waals surface area (Å²) in [5, 5.41) is 13.7. The van der Waals surface area contributed by atoms with E-state index in [2.05, 4.69) is 15.3 Å². The summed E-state index contributed by atoms with van der Waals surface area (Å²) in [6.07, 6.45) is 4.27. The standard InChI is InChI=1S/C23H20N4O3/c28-20-6-2-1-4-18(20)19-10-15(17-5-3-7-21-23(17)30-14-29-21)11-22(27-19)25-9-8-16-12-24-13-26-16/h1-7,10-13,28H,8-9,14H2,(H,24,26)(H,25,27). The number of benzene rings is 2. The highest BCUT2D eigenvalue weighted by atomic mass is 16.7. The van der Waals surface area contributed by atoms with Gasteiger partial charge in [-0.1, -0.05) is 24.3 Å². The van der Waals surface area contributed by atoms with Crippen LogP contribution in [0.4, 0.5) is 5.82 Å². The fourth-order valence-electron chi connectivity index (χ4n) is 3.51. The predicted octanol–water partition coefficient (Wildman–Crippen LogP) is 4.23. The topological polar surface area (TPSA) is 92.3 Å². The third-order valence-electron chi connectivity index (χ3n) is 4.97. The number of aromatic amines is 1. The highest BCUT2D eigenvalue weighted by Gasteiger charge is 2.20. The van der Waals surface area contributed by atoms with Crippen LogP contribution in [-0.4, -0.2) is 33.4 Å². The van der Waals surface area contributed by atoms with E-state index < -0.39 is 0 Å². The number of H-pyrrole nitrogens is 1. The third-order valence-corrected chi connectivity index (χ3v) is 4.97. The number of aromatic nitrogens is 3. The number of anilines is 1. The number of ether oxygens (including phenoxy) is 2. The summed E-state index contributed by atoms with van der Waals surface area (Å²) in [5.41, 5.74) is 4.23. The predicted molar refractivity (Wildman–Crippen MR) is 114 cm³/mol. The van der Waals surface area contributed by atoms with Crippen LogP contribution in [0.3, 0.4) is 0 Å². The van der Waals surface area contributed by atoms with E-state index >= 15 is 0 Å². The Morgan fingerprint density at radius 1 is 1.03 bits per heavy atom. The van der Waals surface area contributed by atoms with Crippen molar-refractivity contribution in [1.29, 1.82) is 0 Å². The molecule has 4 aromatic rings. The molecule has 0 spiro atoms. The molecule has 7 heteroatoms. The number of fused-ring (bicyclic) bond motifs is 1. The van der Waals surface area contributed by atoms with E-state index in [1.165, 1.54) is 0 Å². The van der Waals surface area contributed by atoms with E-state index in [4.69, 9.17) is 14.5 Å². The van der Waals surface area contributed by atoms with Crippen LogP contribution >= 0.6 is 0 Å². The van der Waals surface area contributed by atoms with Gasteiger partial charge in [-0.05, 0) is 35.9 Å².